The molecule has 2 aromatic rings. The van der Waals surface area contributed by atoms with Gasteiger partial charge < -0.3 is 10.1 Å². The van der Waals surface area contributed by atoms with Gasteiger partial charge in [-0.2, -0.15) is 0 Å². The molecule has 0 fully saturated rings. The molecule has 1 N–H and O–H groups in total. The molecule has 0 radical (unpaired) electrons. The van der Waals surface area contributed by atoms with Crippen molar-refractivity contribution in [3.63, 3.8) is 0 Å². The monoisotopic (exact) mass is 383 g/mol. The molecule has 0 aromatic heterocycles. The number of nitrogens with one attached hydrogen (secondary N) is 1. The molecular formula is C15H15Br2NO. The first kappa shape index (κ1) is 14.4. The number of rotatable bonds is 5. The van der Waals surface area contributed by atoms with Gasteiger partial charge in [-0.15, -0.1) is 0 Å². The molecule has 0 aliphatic heterocycles. The molecule has 19 heavy (non-hydrogen) atoms. The smallest absolute Gasteiger partial charge is 0.119 e. The molecule has 2 aromatic carbocycles. The maximum absolute atomic E-state index is 5.50. The normalized spacial score (nSPS) is 10.3. The standard InChI is InChI=1S/C15H15Br2NO/c1-2-19-13-5-3-4-11(8-13)10-18-15-9-12(16)6-7-14(15)17/h3-9,18H,2,10H2,1H3. The van der Waals surface area contributed by atoms with Gasteiger partial charge in [0.2, 0.25) is 0 Å². The van der Waals surface area contributed by atoms with Crippen LogP contribution in [-0.2, 0) is 6.54 Å². The second-order valence-corrected chi connectivity index (χ2v) is 5.83. The molecule has 0 spiro atoms. The van der Waals surface area contributed by atoms with Crippen molar-refractivity contribution in [3.8, 4) is 5.75 Å². The van der Waals surface area contributed by atoms with Crippen molar-refractivity contribution in [3.05, 3.63) is 57.0 Å². The van der Waals surface area contributed by atoms with Gasteiger partial charge in [0.25, 0.3) is 0 Å². The molecule has 0 heterocycles. The third-order valence-electron chi connectivity index (χ3n) is 2.62. The lowest BCUT2D eigenvalue weighted by Gasteiger charge is -2.10. The highest BCUT2D eigenvalue weighted by Crippen LogP contribution is 2.26. The van der Waals surface area contributed by atoms with E-state index in [1.165, 1.54) is 5.56 Å². The molecule has 100 valence electrons. The lowest BCUT2D eigenvalue weighted by molar-refractivity contribution is 0.340. The van der Waals surface area contributed by atoms with Gasteiger partial charge in [-0.3, -0.25) is 0 Å². The summed E-state index contributed by atoms with van der Waals surface area (Å²) in [4.78, 5) is 0. The van der Waals surface area contributed by atoms with Crippen molar-refractivity contribution in [2.45, 2.75) is 13.5 Å². The number of halogens is 2. The summed E-state index contributed by atoms with van der Waals surface area (Å²) < 4.78 is 7.61. The van der Waals surface area contributed by atoms with Gasteiger partial charge in [-0.25, -0.2) is 0 Å². The third kappa shape index (κ3) is 4.25. The van der Waals surface area contributed by atoms with Gasteiger partial charge in [0.05, 0.1) is 6.61 Å². The number of ether oxygens (including phenoxy) is 1. The lowest BCUT2D eigenvalue weighted by atomic mass is 10.2. The van der Waals surface area contributed by atoms with E-state index in [0.717, 1.165) is 26.9 Å². The van der Waals surface area contributed by atoms with Crippen LogP contribution >= 0.6 is 31.9 Å². The van der Waals surface area contributed by atoms with Gasteiger partial charge >= 0.3 is 0 Å². The molecular weight excluding hydrogens is 370 g/mol. The number of benzene rings is 2. The summed E-state index contributed by atoms with van der Waals surface area (Å²) in [6.45, 7) is 3.44. The van der Waals surface area contributed by atoms with Crippen LogP contribution in [-0.4, -0.2) is 6.61 Å². The summed E-state index contributed by atoms with van der Waals surface area (Å²) in [6.07, 6.45) is 0. The van der Waals surface area contributed by atoms with Crippen LogP contribution in [0, 0.1) is 0 Å². The van der Waals surface area contributed by atoms with E-state index in [1.807, 2.05) is 31.2 Å². The Morgan fingerprint density at radius 3 is 2.74 bits per heavy atom. The second-order valence-electron chi connectivity index (χ2n) is 4.06. The highest BCUT2D eigenvalue weighted by molar-refractivity contribution is 9.11. The zero-order valence-corrected chi connectivity index (χ0v) is 13.8. The van der Waals surface area contributed by atoms with E-state index < -0.39 is 0 Å². The first-order valence-corrected chi connectivity index (χ1v) is 7.68. The maximum Gasteiger partial charge on any atom is 0.119 e. The van der Waals surface area contributed by atoms with E-state index in [0.29, 0.717) is 6.61 Å². The molecule has 0 saturated heterocycles. The topological polar surface area (TPSA) is 21.3 Å². The summed E-state index contributed by atoms with van der Waals surface area (Å²) in [6, 6.07) is 14.2. The first-order chi connectivity index (χ1) is 9.19. The van der Waals surface area contributed by atoms with Gasteiger partial charge in [0, 0.05) is 21.2 Å². The Morgan fingerprint density at radius 1 is 1.11 bits per heavy atom. The fraction of sp³-hybridized carbons (Fsp3) is 0.200. The molecule has 4 heteroatoms. The van der Waals surface area contributed by atoms with Crippen LogP contribution in [0.5, 0.6) is 5.75 Å². The Hall–Kier alpha value is -1.000. The Balaban J connectivity index is 2.05. The predicted molar refractivity (Wildman–Crippen MR) is 86.8 cm³/mol. The Kier molecular flexibility index (Phi) is 5.28. The fourth-order valence-corrected chi connectivity index (χ4v) is 2.49. The zero-order chi connectivity index (χ0) is 13.7. The minimum absolute atomic E-state index is 0.689. The van der Waals surface area contributed by atoms with E-state index in [4.69, 9.17) is 4.74 Å². The fourth-order valence-electron chi connectivity index (χ4n) is 1.74. The molecule has 0 aliphatic rings. The predicted octanol–water partition coefficient (Wildman–Crippen LogP) is 5.22. The molecule has 0 aliphatic carbocycles. The van der Waals surface area contributed by atoms with Crippen molar-refractivity contribution in [2.75, 3.05) is 11.9 Å². The average Bonchev–Trinajstić information content (AvgIpc) is 2.41. The highest BCUT2D eigenvalue weighted by atomic mass is 79.9. The number of hydrogen-bond donors (Lipinski definition) is 1. The van der Waals surface area contributed by atoms with Crippen molar-refractivity contribution in [1.82, 2.24) is 0 Å². The van der Waals surface area contributed by atoms with Crippen LogP contribution < -0.4 is 10.1 Å². The van der Waals surface area contributed by atoms with E-state index in [9.17, 15) is 0 Å². The number of anilines is 1. The van der Waals surface area contributed by atoms with Crippen molar-refractivity contribution >= 4 is 37.5 Å². The van der Waals surface area contributed by atoms with Crippen LogP contribution in [0.25, 0.3) is 0 Å². The Bertz CT molecular complexity index is 558. The highest BCUT2D eigenvalue weighted by Gasteiger charge is 2.01. The lowest BCUT2D eigenvalue weighted by Crippen LogP contribution is -2.01. The molecule has 2 rings (SSSR count). The van der Waals surface area contributed by atoms with E-state index in [1.54, 1.807) is 0 Å². The quantitative estimate of drug-likeness (QED) is 0.762. The SMILES string of the molecule is CCOc1cccc(CNc2cc(Br)ccc2Br)c1. The molecule has 0 amide bonds. The van der Waals surface area contributed by atoms with Crippen molar-refractivity contribution < 1.29 is 4.74 Å². The minimum Gasteiger partial charge on any atom is -0.494 e. The van der Waals surface area contributed by atoms with Gasteiger partial charge in [0.15, 0.2) is 0 Å². The molecule has 0 bridgehead atoms. The largest absolute Gasteiger partial charge is 0.494 e. The van der Waals surface area contributed by atoms with E-state index >= 15 is 0 Å². The first-order valence-electron chi connectivity index (χ1n) is 6.09. The van der Waals surface area contributed by atoms with Crippen molar-refractivity contribution in [2.24, 2.45) is 0 Å². The van der Waals surface area contributed by atoms with Crippen LogP contribution in [0.2, 0.25) is 0 Å². The van der Waals surface area contributed by atoms with E-state index in [-0.39, 0.29) is 0 Å². The summed E-state index contributed by atoms with van der Waals surface area (Å²) in [5.74, 6) is 0.912. The molecule has 0 atom stereocenters. The van der Waals surface area contributed by atoms with Crippen LogP contribution in [0.3, 0.4) is 0 Å². The molecule has 0 saturated carbocycles. The van der Waals surface area contributed by atoms with Gasteiger partial charge in [-0.05, 0) is 58.7 Å². The summed E-state index contributed by atoms with van der Waals surface area (Å²) in [5.41, 5.74) is 2.26. The summed E-state index contributed by atoms with van der Waals surface area (Å²) >= 11 is 7.01. The summed E-state index contributed by atoms with van der Waals surface area (Å²) in [7, 11) is 0. The van der Waals surface area contributed by atoms with Crippen LogP contribution in [0.4, 0.5) is 5.69 Å². The molecule has 2 nitrogen and oxygen atoms in total. The maximum atomic E-state index is 5.50. The number of hydrogen-bond acceptors (Lipinski definition) is 2. The van der Waals surface area contributed by atoms with Crippen molar-refractivity contribution in [1.29, 1.82) is 0 Å². The minimum atomic E-state index is 0.689. The van der Waals surface area contributed by atoms with Gasteiger partial charge in [-0.1, -0.05) is 28.1 Å². The summed E-state index contributed by atoms with van der Waals surface area (Å²) in [5, 5.41) is 3.41. The third-order valence-corrected chi connectivity index (χ3v) is 3.81. The van der Waals surface area contributed by atoms with Crippen LogP contribution in [0.1, 0.15) is 12.5 Å². The molecule has 0 unspecified atom stereocenters. The van der Waals surface area contributed by atoms with Crippen LogP contribution in [0.15, 0.2) is 51.4 Å². The van der Waals surface area contributed by atoms with E-state index in [2.05, 4.69) is 55.4 Å². The second kappa shape index (κ2) is 6.96. The Morgan fingerprint density at radius 2 is 1.95 bits per heavy atom. The average molecular weight is 385 g/mol. The van der Waals surface area contributed by atoms with Gasteiger partial charge in [0.1, 0.15) is 5.75 Å². The Labute approximate surface area is 130 Å². The zero-order valence-electron chi connectivity index (χ0n) is 10.6.